The second-order valence-corrected chi connectivity index (χ2v) is 5.02. The molecule has 0 spiro atoms. The molecule has 2 aromatic heterocycles. The van der Waals surface area contributed by atoms with E-state index in [-0.39, 0.29) is 0 Å². The van der Waals surface area contributed by atoms with E-state index in [4.69, 9.17) is 0 Å². The number of rotatable bonds is 7. The van der Waals surface area contributed by atoms with Crippen LogP contribution in [0, 0.1) is 0 Å². The second kappa shape index (κ2) is 7.63. The first-order valence-electron chi connectivity index (χ1n) is 7.46. The Morgan fingerprint density at radius 1 is 0.900 bits per heavy atom. The summed E-state index contributed by atoms with van der Waals surface area (Å²) in [6, 6.07) is 8.73. The van der Waals surface area contributed by atoms with Gasteiger partial charge in [0.15, 0.2) is 0 Å². The van der Waals surface area contributed by atoms with Crippen LogP contribution < -0.4 is 4.90 Å². The summed E-state index contributed by atoms with van der Waals surface area (Å²) < 4.78 is 0. The van der Waals surface area contributed by atoms with Gasteiger partial charge < -0.3 is 4.90 Å². The summed E-state index contributed by atoms with van der Waals surface area (Å²) in [5.41, 5.74) is 2.29. The number of aromatic nitrogens is 2. The minimum absolute atomic E-state index is 0.499. The SMILES string of the molecule is CCCC(CCC)N(c1cccnc1)c1cccnc1. The highest BCUT2D eigenvalue weighted by Gasteiger charge is 2.19. The van der Waals surface area contributed by atoms with Crippen molar-refractivity contribution in [2.75, 3.05) is 4.90 Å². The molecule has 0 aliphatic heterocycles. The molecule has 0 saturated carbocycles. The summed E-state index contributed by atoms with van der Waals surface area (Å²) in [5.74, 6) is 0. The van der Waals surface area contributed by atoms with E-state index in [1.807, 2.05) is 36.9 Å². The topological polar surface area (TPSA) is 29.0 Å². The summed E-state index contributed by atoms with van der Waals surface area (Å²) in [5, 5.41) is 0. The Bertz CT molecular complexity index is 439. The van der Waals surface area contributed by atoms with Crippen molar-refractivity contribution in [3.8, 4) is 0 Å². The molecule has 0 unspecified atom stereocenters. The molecule has 106 valence electrons. The van der Waals surface area contributed by atoms with Crippen LogP contribution in [-0.2, 0) is 0 Å². The number of hydrogen-bond acceptors (Lipinski definition) is 3. The van der Waals surface area contributed by atoms with Crippen molar-refractivity contribution in [2.24, 2.45) is 0 Å². The Morgan fingerprint density at radius 2 is 1.40 bits per heavy atom. The Kier molecular flexibility index (Phi) is 5.54. The highest BCUT2D eigenvalue weighted by Crippen LogP contribution is 2.30. The largest absolute Gasteiger partial charge is 0.336 e. The monoisotopic (exact) mass is 269 g/mol. The highest BCUT2D eigenvalue weighted by atomic mass is 15.2. The van der Waals surface area contributed by atoms with Crippen LogP contribution in [0.4, 0.5) is 11.4 Å². The third-order valence-corrected chi connectivity index (χ3v) is 3.46. The number of hydrogen-bond donors (Lipinski definition) is 0. The van der Waals surface area contributed by atoms with E-state index < -0.39 is 0 Å². The van der Waals surface area contributed by atoms with Gasteiger partial charge in [-0.1, -0.05) is 26.7 Å². The molecule has 0 aromatic carbocycles. The van der Waals surface area contributed by atoms with Crippen LogP contribution >= 0.6 is 0 Å². The maximum Gasteiger partial charge on any atom is 0.0600 e. The number of nitrogens with zero attached hydrogens (tertiary/aromatic N) is 3. The Morgan fingerprint density at radius 3 is 1.75 bits per heavy atom. The van der Waals surface area contributed by atoms with Crippen molar-refractivity contribution in [3.63, 3.8) is 0 Å². The van der Waals surface area contributed by atoms with Crippen LogP contribution in [0.5, 0.6) is 0 Å². The van der Waals surface area contributed by atoms with Gasteiger partial charge in [-0.3, -0.25) is 9.97 Å². The van der Waals surface area contributed by atoms with E-state index in [0.29, 0.717) is 6.04 Å². The molecule has 0 fully saturated rings. The predicted octanol–water partition coefficient (Wildman–Crippen LogP) is 4.58. The summed E-state index contributed by atoms with van der Waals surface area (Å²) >= 11 is 0. The van der Waals surface area contributed by atoms with Crippen molar-refractivity contribution in [3.05, 3.63) is 49.1 Å². The van der Waals surface area contributed by atoms with Gasteiger partial charge in [0.1, 0.15) is 0 Å². The van der Waals surface area contributed by atoms with Gasteiger partial charge in [-0.25, -0.2) is 0 Å². The molecule has 0 aliphatic rings. The minimum atomic E-state index is 0.499. The van der Waals surface area contributed by atoms with Crippen molar-refractivity contribution >= 4 is 11.4 Å². The van der Waals surface area contributed by atoms with Gasteiger partial charge in [0.05, 0.1) is 23.8 Å². The lowest BCUT2D eigenvalue weighted by Crippen LogP contribution is -2.31. The molecule has 2 aromatic rings. The quantitative estimate of drug-likeness (QED) is 0.736. The molecule has 0 bridgehead atoms. The maximum absolute atomic E-state index is 4.27. The fraction of sp³-hybridized carbons (Fsp3) is 0.412. The molecule has 0 amide bonds. The average Bonchev–Trinajstić information content (AvgIpc) is 2.50. The first-order valence-corrected chi connectivity index (χ1v) is 7.46. The molecule has 0 radical (unpaired) electrons. The Labute approximate surface area is 121 Å². The lowest BCUT2D eigenvalue weighted by Gasteiger charge is -2.33. The van der Waals surface area contributed by atoms with Crippen molar-refractivity contribution in [1.82, 2.24) is 9.97 Å². The van der Waals surface area contributed by atoms with Gasteiger partial charge >= 0.3 is 0 Å². The second-order valence-electron chi connectivity index (χ2n) is 5.02. The molecule has 2 rings (SSSR count). The van der Waals surface area contributed by atoms with Crippen molar-refractivity contribution in [1.29, 1.82) is 0 Å². The van der Waals surface area contributed by atoms with Gasteiger partial charge in [0, 0.05) is 18.4 Å². The molecule has 20 heavy (non-hydrogen) atoms. The third-order valence-electron chi connectivity index (χ3n) is 3.46. The third kappa shape index (κ3) is 3.56. The van der Waals surface area contributed by atoms with Gasteiger partial charge in [-0.2, -0.15) is 0 Å². The molecule has 0 N–H and O–H groups in total. The first-order chi connectivity index (χ1) is 9.86. The van der Waals surface area contributed by atoms with E-state index in [0.717, 1.165) is 11.4 Å². The molecular weight excluding hydrogens is 246 g/mol. The lowest BCUT2D eigenvalue weighted by atomic mass is 10.0. The molecule has 2 heterocycles. The van der Waals surface area contributed by atoms with Crippen molar-refractivity contribution < 1.29 is 0 Å². The molecule has 3 nitrogen and oxygen atoms in total. The van der Waals surface area contributed by atoms with Crippen LogP contribution in [0.2, 0.25) is 0 Å². The van der Waals surface area contributed by atoms with Crippen LogP contribution in [0.25, 0.3) is 0 Å². The minimum Gasteiger partial charge on any atom is -0.336 e. The summed E-state index contributed by atoms with van der Waals surface area (Å²) in [4.78, 5) is 10.9. The summed E-state index contributed by atoms with van der Waals surface area (Å²) in [6.45, 7) is 4.49. The van der Waals surface area contributed by atoms with Gasteiger partial charge in [0.25, 0.3) is 0 Å². The van der Waals surface area contributed by atoms with E-state index >= 15 is 0 Å². The van der Waals surface area contributed by atoms with Gasteiger partial charge in [-0.05, 0) is 37.1 Å². The molecule has 0 aliphatic carbocycles. The van der Waals surface area contributed by atoms with Gasteiger partial charge in [0.2, 0.25) is 0 Å². The first kappa shape index (κ1) is 14.5. The smallest absolute Gasteiger partial charge is 0.0600 e. The fourth-order valence-electron chi connectivity index (χ4n) is 2.63. The summed E-state index contributed by atoms with van der Waals surface area (Å²) in [6.07, 6.45) is 12.2. The van der Waals surface area contributed by atoms with Crippen LogP contribution in [0.1, 0.15) is 39.5 Å². The average molecular weight is 269 g/mol. The maximum atomic E-state index is 4.27. The van der Waals surface area contributed by atoms with Crippen LogP contribution in [0.3, 0.4) is 0 Å². The van der Waals surface area contributed by atoms with E-state index in [1.54, 1.807) is 0 Å². The van der Waals surface area contributed by atoms with E-state index in [2.05, 4.69) is 40.8 Å². The van der Waals surface area contributed by atoms with Gasteiger partial charge in [-0.15, -0.1) is 0 Å². The zero-order valence-electron chi connectivity index (χ0n) is 12.4. The van der Waals surface area contributed by atoms with Crippen molar-refractivity contribution in [2.45, 2.75) is 45.6 Å². The fourth-order valence-corrected chi connectivity index (χ4v) is 2.63. The normalized spacial score (nSPS) is 10.8. The lowest BCUT2D eigenvalue weighted by molar-refractivity contribution is 0.541. The van der Waals surface area contributed by atoms with Crippen LogP contribution in [0.15, 0.2) is 49.1 Å². The van der Waals surface area contributed by atoms with Crippen LogP contribution in [-0.4, -0.2) is 16.0 Å². The predicted molar refractivity (Wildman–Crippen MR) is 84.2 cm³/mol. The molecule has 0 saturated heterocycles. The van der Waals surface area contributed by atoms with E-state index in [1.165, 1.54) is 25.7 Å². The molecule has 0 atom stereocenters. The standard InChI is InChI=1S/C17H23N3/c1-3-7-15(8-4-2)20(16-9-5-11-18-13-16)17-10-6-12-19-14-17/h5-6,9-15H,3-4,7-8H2,1-2H3. The zero-order valence-corrected chi connectivity index (χ0v) is 12.4. The Balaban J connectivity index is 2.38. The molecule has 3 heteroatoms. The van der Waals surface area contributed by atoms with E-state index in [9.17, 15) is 0 Å². The Hall–Kier alpha value is -1.90. The highest BCUT2D eigenvalue weighted by molar-refractivity contribution is 5.62. The number of anilines is 2. The zero-order chi connectivity index (χ0) is 14.2. The summed E-state index contributed by atoms with van der Waals surface area (Å²) in [7, 11) is 0. The number of pyridine rings is 2. The molecular formula is C17H23N3.